The summed E-state index contributed by atoms with van der Waals surface area (Å²) in [5.41, 5.74) is 8.29. The Morgan fingerprint density at radius 2 is 1.51 bits per heavy atom. The lowest BCUT2D eigenvalue weighted by molar-refractivity contribution is -0.143. The highest BCUT2D eigenvalue weighted by atomic mass is 16.4. The lowest BCUT2D eigenvalue weighted by Gasteiger charge is -2.27. The van der Waals surface area contributed by atoms with E-state index in [4.69, 9.17) is 5.73 Å². The van der Waals surface area contributed by atoms with Gasteiger partial charge in [-0.25, -0.2) is 4.79 Å². The van der Waals surface area contributed by atoms with Crippen LogP contribution in [0, 0.1) is 5.92 Å². The quantitative estimate of drug-likeness (QED) is 0.125. The minimum Gasteiger partial charge on any atom is -0.508 e. The Balaban J connectivity index is 1.71. The maximum Gasteiger partial charge on any atom is 0.326 e. The number of phenols is 1. The van der Waals surface area contributed by atoms with Gasteiger partial charge in [-0.15, -0.1) is 0 Å². The monoisotopic (exact) mass is 595 g/mol. The van der Waals surface area contributed by atoms with Crippen molar-refractivity contribution in [3.05, 3.63) is 65.9 Å². The number of hydrogen-bond acceptors (Lipinski definition) is 7. The number of carboxylic acids is 2. The van der Waals surface area contributed by atoms with E-state index < -0.39 is 66.2 Å². The van der Waals surface area contributed by atoms with E-state index >= 15 is 0 Å². The van der Waals surface area contributed by atoms with Gasteiger partial charge in [-0.3, -0.25) is 19.2 Å². The van der Waals surface area contributed by atoms with E-state index in [0.29, 0.717) is 12.0 Å². The van der Waals surface area contributed by atoms with Gasteiger partial charge in [-0.2, -0.15) is 0 Å². The van der Waals surface area contributed by atoms with Crippen molar-refractivity contribution in [2.75, 3.05) is 0 Å². The highest BCUT2D eigenvalue weighted by Crippen LogP contribution is 2.19. The van der Waals surface area contributed by atoms with Gasteiger partial charge in [0.05, 0.1) is 12.5 Å². The third-order valence-corrected chi connectivity index (χ3v) is 7.25. The van der Waals surface area contributed by atoms with Gasteiger partial charge >= 0.3 is 11.9 Å². The molecular formula is C30H37N5O8. The molecule has 0 aliphatic carbocycles. The molecule has 0 aliphatic rings. The fourth-order valence-corrected chi connectivity index (χ4v) is 4.58. The molecule has 230 valence electrons. The van der Waals surface area contributed by atoms with Crippen molar-refractivity contribution in [2.24, 2.45) is 11.7 Å². The average molecular weight is 596 g/mol. The van der Waals surface area contributed by atoms with Gasteiger partial charge in [0.15, 0.2) is 0 Å². The fourth-order valence-electron chi connectivity index (χ4n) is 4.58. The summed E-state index contributed by atoms with van der Waals surface area (Å²) in [6, 6.07) is 8.02. The van der Waals surface area contributed by atoms with Crippen LogP contribution in [0.1, 0.15) is 37.8 Å². The Morgan fingerprint density at radius 3 is 2.14 bits per heavy atom. The second kappa shape index (κ2) is 14.8. The number of aromatic nitrogens is 1. The van der Waals surface area contributed by atoms with Crippen molar-refractivity contribution in [1.29, 1.82) is 0 Å². The molecule has 1 heterocycles. The van der Waals surface area contributed by atoms with E-state index in [1.807, 2.05) is 24.3 Å². The lowest BCUT2D eigenvalue weighted by Crippen LogP contribution is -2.59. The third kappa shape index (κ3) is 9.04. The zero-order valence-corrected chi connectivity index (χ0v) is 23.9. The first-order valence-corrected chi connectivity index (χ1v) is 13.8. The number of benzene rings is 2. The van der Waals surface area contributed by atoms with E-state index in [1.54, 1.807) is 20.0 Å². The van der Waals surface area contributed by atoms with Crippen LogP contribution in [0.25, 0.3) is 10.9 Å². The molecule has 0 bridgehead atoms. The molecule has 0 radical (unpaired) electrons. The maximum atomic E-state index is 13.3. The fraction of sp³-hybridized carbons (Fsp3) is 0.367. The van der Waals surface area contributed by atoms with Crippen LogP contribution in [-0.4, -0.2) is 74.1 Å². The van der Waals surface area contributed by atoms with Gasteiger partial charge in [0.25, 0.3) is 0 Å². The van der Waals surface area contributed by atoms with Crippen LogP contribution in [0.4, 0.5) is 0 Å². The summed E-state index contributed by atoms with van der Waals surface area (Å²) in [7, 11) is 0. The van der Waals surface area contributed by atoms with Gasteiger partial charge in [0.1, 0.15) is 23.9 Å². The van der Waals surface area contributed by atoms with Crippen molar-refractivity contribution in [2.45, 2.75) is 63.7 Å². The van der Waals surface area contributed by atoms with E-state index in [9.17, 15) is 39.3 Å². The van der Waals surface area contributed by atoms with Crippen molar-refractivity contribution in [3.63, 3.8) is 0 Å². The van der Waals surface area contributed by atoms with E-state index in [1.165, 1.54) is 24.3 Å². The van der Waals surface area contributed by atoms with Gasteiger partial charge in [0.2, 0.25) is 17.7 Å². The number of aromatic amines is 1. The number of phenolic OH excluding ortho intramolecular Hbond substituents is 1. The zero-order chi connectivity index (χ0) is 31.7. The van der Waals surface area contributed by atoms with Gasteiger partial charge in [-0.1, -0.05) is 50.6 Å². The van der Waals surface area contributed by atoms with E-state index in [2.05, 4.69) is 20.9 Å². The number of fused-ring (bicyclic) bond motifs is 1. The first-order chi connectivity index (χ1) is 20.4. The molecule has 0 fully saturated rings. The number of hydrogen-bond donors (Lipinski definition) is 8. The summed E-state index contributed by atoms with van der Waals surface area (Å²) in [6.45, 7) is 3.44. The standard InChI is InChI=1S/C30H37N5O8/c1-3-16(2)26(29(41)34-24(30(42)43)12-17-8-10-19(36)11-9-17)35-28(40)23(14-25(37)38)33-27(39)21(31)13-18-15-32-22-7-5-4-6-20(18)22/h4-11,15-16,21,23-24,26,32,36H,3,12-14,31H2,1-2H3,(H,33,39)(H,34,41)(H,35,40)(H,37,38)(H,42,43). The summed E-state index contributed by atoms with van der Waals surface area (Å²) in [5, 5.41) is 36.8. The summed E-state index contributed by atoms with van der Waals surface area (Å²) < 4.78 is 0. The van der Waals surface area contributed by atoms with Crippen LogP contribution >= 0.6 is 0 Å². The van der Waals surface area contributed by atoms with Crippen molar-refractivity contribution in [1.82, 2.24) is 20.9 Å². The second-order valence-electron chi connectivity index (χ2n) is 10.5. The first-order valence-electron chi connectivity index (χ1n) is 13.8. The summed E-state index contributed by atoms with van der Waals surface area (Å²) in [6.07, 6.45) is 1.40. The highest BCUT2D eigenvalue weighted by Gasteiger charge is 2.33. The predicted molar refractivity (Wildman–Crippen MR) is 157 cm³/mol. The Morgan fingerprint density at radius 1 is 0.860 bits per heavy atom. The molecule has 1 aromatic heterocycles. The normalized spacial score (nSPS) is 14.6. The van der Waals surface area contributed by atoms with Crippen LogP contribution in [0.5, 0.6) is 5.75 Å². The molecule has 0 saturated carbocycles. The number of rotatable bonds is 15. The number of carboxylic acid groups (broad SMARTS) is 2. The van der Waals surface area contributed by atoms with Gasteiger partial charge < -0.3 is 42.0 Å². The number of aromatic hydroxyl groups is 1. The molecule has 0 saturated heterocycles. The van der Waals surface area contributed by atoms with E-state index in [-0.39, 0.29) is 18.6 Å². The number of aliphatic carboxylic acids is 2. The van der Waals surface area contributed by atoms with Crippen LogP contribution < -0.4 is 21.7 Å². The average Bonchev–Trinajstić information content (AvgIpc) is 3.37. The predicted octanol–water partition coefficient (Wildman–Crippen LogP) is 1.05. The molecule has 13 heteroatoms. The Bertz CT molecular complexity index is 1450. The van der Waals surface area contributed by atoms with Crippen molar-refractivity contribution in [3.8, 4) is 5.75 Å². The van der Waals surface area contributed by atoms with Gasteiger partial charge in [-0.05, 0) is 41.7 Å². The summed E-state index contributed by atoms with van der Waals surface area (Å²) in [4.78, 5) is 66.0. The number of amides is 3. The molecule has 5 atom stereocenters. The number of H-pyrrole nitrogens is 1. The zero-order valence-electron chi connectivity index (χ0n) is 23.9. The Kier molecular flexibility index (Phi) is 11.2. The molecule has 43 heavy (non-hydrogen) atoms. The SMILES string of the molecule is CCC(C)C(NC(=O)C(CC(=O)O)NC(=O)C(N)Cc1c[nH]c2ccccc12)C(=O)NC(Cc1ccc(O)cc1)C(=O)O. The molecule has 3 aromatic rings. The van der Waals surface area contributed by atoms with Crippen LogP contribution in [0.2, 0.25) is 0 Å². The number of carbonyl (C=O) groups is 5. The minimum absolute atomic E-state index is 0.00105. The highest BCUT2D eigenvalue weighted by molar-refractivity contribution is 5.96. The minimum atomic E-state index is -1.55. The van der Waals surface area contributed by atoms with Crippen molar-refractivity contribution < 1.29 is 39.3 Å². The molecule has 0 spiro atoms. The number of para-hydroxylation sites is 1. The molecular weight excluding hydrogens is 558 g/mol. The molecule has 5 unspecified atom stereocenters. The van der Waals surface area contributed by atoms with Crippen LogP contribution in [0.15, 0.2) is 54.7 Å². The number of nitrogens with one attached hydrogen (secondary N) is 4. The molecule has 13 nitrogen and oxygen atoms in total. The van der Waals surface area contributed by atoms with Crippen LogP contribution in [0.3, 0.4) is 0 Å². The largest absolute Gasteiger partial charge is 0.508 e. The lowest BCUT2D eigenvalue weighted by atomic mass is 9.96. The first kappa shape index (κ1) is 32.6. The van der Waals surface area contributed by atoms with Crippen LogP contribution in [-0.2, 0) is 36.8 Å². The number of nitrogens with two attached hydrogens (primary N) is 1. The smallest absolute Gasteiger partial charge is 0.326 e. The molecule has 2 aromatic carbocycles. The molecule has 3 rings (SSSR count). The molecule has 9 N–H and O–H groups in total. The van der Waals surface area contributed by atoms with E-state index in [0.717, 1.165) is 16.5 Å². The topological polar surface area (TPSA) is 224 Å². The van der Waals surface area contributed by atoms with Crippen molar-refractivity contribution >= 4 is 40.6 Å². The Labute approximate surface area is 247 Å². The number of carbonyl (C=O) groups excluding carboxylic acids is 3. The Hall–Kier alpha value is -4.91. The summed E-state index contributed by atoms with van der Waals surface area (Å²) >= 11 is 0. The third-order valence-electron chi connectivity index (χ3n) is 7.25. The molecule has 3 amide bonds. The molecule has 0 aliphatic heterocycles. The maximum absolute atomic E-state index is 13.3. The second-order valence-corrected chi connectivity index (χ2v) is 10.5. The summed E-state index contributed by atoms with van der Waals surface area (Å²) in [5.74, 6) is -5.62. The van der Waals surface area contributed by atoms with Gasteiger partial charge in [0, 0.05) is 23.5 Å².